The van der Waals surface area contributed by atoms with Crippen molar-refractivity contribution < 1.29 is 0 Å². The van der Waals surface area contributed by atoms with Gasteiger partial charge in [-0.05, 0) is 12.1 Å². The first kappa shape index (κ1) is 7.24. The predicted octanol–water partition coefficient (Wildman–Crippen LogP) is 0.427. The lowest BCUT2D eigenvalue weighted by atomic mass is 10.3. The number of pyridine rings is 1. The molecule has 0 saturated carbocycles. The van der Waals surface area contributed by atoms with Gasteiger partial charge in [-0.15, -0.1) is 0 Å². The van der Waals surface area contributed by atoms with Gasteiger partial charge >= 0.3 is 0 Å². The Hall–Kier alpha value is -1.42. The van der Waals surface area contributed by atoms with Crippen LogP contribution in [0.2, 0.25) is 0 Å². The van der Waals surface area contributed by atoms with Crippen molar-refractivity contribution in [2.75, 3.05) is 0 Å². The Balaban J connectivity index is 2.69. The number of fused-ring (bicyclic) bond motifs is 1. The topological polar surface area (TPSA) is 56.7 Å². The standard InChI is InChI=1S/C8H10N4/c1-12-8-3-2-6(4-9)11-7(8)5-10-12/h2-3,5H,4,9H2,1H3. The number of rotatable bonds is 1. The Morgan fingerprint density at radius 2 is 2.33 bits per heavy atom. The van der Waals surface area contributed by atoms with Gasteiger partial charge in [0.25, 0.3) is 0 Å². The minimum Gasteiger partial charge on any atom is -0.325 e. The quantitative estimate of drug-likeness (QED) is 0.661. The predicted molar refractivity (Wildman–Crippen MR) is 46.4 cm³/mol. The van der Waals surface area contributed by atoms with E-state index in [0.717, 1.165) is 16.7 Å². The van der Waals surface area contributed by atoms with Crippen LogP contribution in [0.15, 0.2) is 18.3 Å². The van der Waals surface area contributed by atoms with E-state index in [1.165, 1.54) is 0 Å². The molecule has 4 nitrogen and oxygen atoms in total. The fraction of sp³-hybridized carbons (Fsp3) is 0.250. The van der Waals surface area contributed by atoms with Crippen molar-refractivity contribution in [1.82, 2.24) is 14.8 Å². The Morgan fingerprint density at radius 1 is 1.50 bits per heavy atom. The van der Waals surface area contributed by atoms with E-state index in [9.17, 15) is 0 Å². The van der Waals surface area contributed by atoms with Crippen molar-refractivity contribution in [3.63, 3.8) is 0 Å². The van der Waals surface area contributed by atoms with Gasteiger partial charge in [-0.1, -0.05) is 0 Å². The summed E-state index contributed by atoms with van der Waals surface area (Å²) < 4.78 is 1.79. The largest absolute Gasteiger partial charge is 0.325 e. The lowest BCUT2D eigenvalue weighted by Crippen LogP contribution is -1.99. The third-order valence-corrected chi connectivity index (χ3v) is 1.87. The smallest absolute Gasteiger partial charge is 0.109 e. The number of hydrogen-bond acceptors (Lipinski definition) is 3. The van der Waals surface area contributed by atoms with E-state index in [1.807, 2.05) is 19.2 Å². The fourth-order valence-corrected chi connectivity index (χ4v) is 1.20. The number of nitrogens with two attached hydrogens (primary N) is 1. The highest BCUT2D eigenvalue weighted by atomic mass is 15.3. The number of hydrogen-bond donors (Lipinski definition) is 1. The third-order valence-electron chi connectivity index (χ3n) is 1.87. The summed E-state index contributed by atoms with van der Waals surface area (Å²) in [4.78, 5) is 4.31. The molecule has 62 valence electrons. The summed E-state index contributed by atoms with van der Waals surface area (Å²) in [6.45, 7) is 0.477. The first-order valence-corrected chi connectivity index (χ1v) is 3.79. The Kier molecular flexibility index (Phi) is 1.55. The van der Waals surface area contributed by atoms with Gasteiger partial charge in [0, 0.05) is 13.6 Å². The molecule has 0 aliphatic rings. The van der Waals surface area contributed by atoms with Crippen LogP contribution in [-0.4, -0.2) is 14.8 Å². The fourth-order valence-electron chi connectivity index (χ4n) is 1.20. The summed E-state index contributed by atoms with van der Waals surface area (Å²) >= 11 is 0. The minimum atomic E-state index is 0.477. The second kappa shape index (κ2) is 2.57. The van der Waals surface area contributed by atoms with Crippen LogP contribution >= 0.6 is 0 Å². The molecule has 0 atom stereocenters. The van der Waals surface area contributed by atoms with E-state index >= 15 is 0 Å². The van der Waals surface area contributed by atoms with Crippen molar-refractivity contribution in [3.8, 4) is 0 Å². The van der Waals surface area contributed by atoms with Crippen LogP contribution in [0.25, 0.3) is 11.0 Å². The molecule has 0 spiro atoms. The Bertz CT molecular complexity index is 404. The SMILES string of the molecule is Cn1ncc2nc(CN)ccc21. The molecule has 2 aromatic heterocycles. The van der Waals surface area contributed by atoms with Crippen LogP contribution in [0.5, 0.6) is 0 Å². The molecule has 12 heavy (non-hydrogen) atoms. The van der Waals surface area contributed by atoms with E-state index < -0.39 is 0 Å². The zero-order valence-electron chi connectivity index (χ0n) is 6.86. The summed E-state index contributed by atoms with van der Waals surface area (Å²) in [6.07, 6.45) is 1.74. The maximum Gasteiger partial charge on any atom is 0.109 e. The second-order valence-corrected chi connectivity index (χ2v) is 2.68. The molecule has 0 unspecified atom stereocenters. The number of aromatic nitrogens is 3. The lowest BCUT2D eigenvalue weighted by Gasteiger charge is -1.96. The molecule has 0 aliphatic heterocycles. The molecular formula is C8H10N4. The van der Waals surface area contributed by atoms with Gasteiger partial charge in [0.15, 0.2) is 0 Å². The van der Waals surface area contributed by atoms with Gasteiger partial charge < -0.3 is 5.73 Å². The van der Waals surface area contributed by atoms with E-state index in [1.54, 1.807) is 10.9 Å². The normalized spacial score (nSPS) is 10.8. The van der Waals surface area contributed by atoms with Crippen molar-refractivity contribution in [2.24, 2.45) is 12.8 Å². The van der Waals surface area contributed by atoms with E-state index in [0.29, 0.717) is 6.54 Å². The van der Waals surface area contributed by atoms with E-state index in [4.69, 9.17) is 5.73 Å². The van der Waals surface area contributed by atoms with Crippen LogP contribution in [0.1, 0.15) is 5.69 Å². The Labute approximate surface area is 70.0 Å². The molecule has 0 saturated heterocycles. The number of aryl methyl sites for hydroxylation is 1. The van der Waals surface area contributed by atoms with Gasteiger partial charge in [0.2, 0.25) is 0 Å². The average Bonchev–Trinajstić information content (AvgIpc) is 2.47. The molecule has 2 rings (SSSR count). The molecule has 4 heteroatoms. The summed E-state index contributed by atoms with van der Waals surface area (Å²) in [5.74, 6) is 0. The molecule has 0 bridgehead atoms. The summed E-state index contributed by atoms with van der Waals surface area (Å²) in [5.41, 5.74) is 8.29. The second-order valence-electron chi connectivity index (χ2n) is 2.68. The van der Waals surface area contributed by atoms with Crippen molar-refractivity contribution in [3.05, 3.63) is 24.0 Å². The van der Waals surface area contributed by atoms with Crippen LogP contribution < -0.4 is 5.73 Å². The molecule has 0 aliphatic carbocycles. The van der Waals surface area contributed by atoms with Gasteiger partial charge in [0.05, 0.1) is 17.4 Å². The van der Waals surface area contributed by atoms with Gasteiger partial charge in [-0.25, -0.2) is 4.98 Å². The summed E-state index contributed by atoms with van der Waals surface area (Å²) in [5, 5.41) is 4.08. The van der Waals surface area contributed by atoms with Crippen LogP contribution in [0.3, 0.4) is 0 Å². The Morgan fingerprint density at radius 3 is 3.08 bits per heavy atom. The van der Waals surface area contributed by atoms with Crippen molar-refractivity contribution >= 4 is 11.0 Å². The highest BCUT2D eigenvalue weighted by Crippen LogP contribution is 2.09. The maximum absolute atomic E-state index is 5.46. The van der Waals surface area contributed by atoms with Gasteiger partial charge in [-0.3, -0.25) is 4.68 Å². The first-order chi connectivity index (χ1) is 5.81. The molecule has 0 fully saturated rings. The molecular weight excluding hydrogens is 152 g/mol. The van der Waals surface area contributed by atoms with Crippen LogP contribution in [0.4, 0.5) is 0 Å². The van der Waals surface area contributed by atoms with E-state index in [-0.39, 0.29) is 0 Å². The monoisotopic (exact) mass is 162 g/mol. The van der Waals surface area contributed by atoms with Crippen LogP contribution in [-0.2, 0) is 13.6 Å². The van der Waals surface area contributed by atoms with Gasteiger partial charge in [0.1, 0.15) is 5.52 Å². The van der Waals surface area contributed by atoms with Crippen molar-refractivity contribution in [2.45, 2.75) is 6.54 Å². The zero-order chi connectivity index (χ0) is 8.55. The lowest BCUT2D eigenvalue weighted by molar-refractivity contribution is 0.797. The summed E-state index contributed by atoms with van der Waals surface area (Å²) in [6, 6.07) is 3.90. The minimum absolute atomic E-state index is 0.477. The summed E-state index contributed by atoms with van der Waals surface area (Å²) in [7, 11) is 1.89. The highest BCUT2D eigenvalue weighted by Gasteiger charge is 2.00. The average molecular weight is 162 g/mol. The highest BCUT2D eigenvalue weighted by molar-refractivity contribution is 5.73. The molecule has 2 aromatic rings. The van der Waals surface area contributed by atoms with E-state index in [2.05, 4.69) is 10.1 Å². The molecule has 2 N–H and O–H groups in total. The van der Waals surface area contributed by atoms with Crippen molar-refractivity contribution in [1.29, 1.82) is 0 Å². The van der Waals surface area contributed by atoms with Crippen LogP contribution in [0, 0.1) is 0 Å². The third kappa shape index (κ3) is 0.967. The zero-order valence-corrected chi connectivity index (χ0v) is 6.86. The number of nitrogens with zero attached hydrogens (tertiary/aromatic N) is 3. The first-order valence-electron chi connectivity index (χ1n) is 3.79. The maximum atomic E-state index is 5.46. The van der Waals surface area contributed by atoms with Gasteiger partial charge in [-0.2, -0.15) is 5.10 Å². The molecule has 2 heterocycles. The molecule has 0 radical (unpaired) electrons. The molecule has 0 aromatic carbocycles. The molecule has 0 amide bonds.